The van der Waals surface area contributed by atoms with Crippen LogP contribution in [0.5, 0.6) is 0 Å². The Labute approximate surface area is 169 Å². The molecule has 0 saturated carbocycles. The first kappa shape index (κ1) is 18.7. The van der Waals surface area contributed by atoms with E-state index >= 15 is 0 Å². The highest BCUT2D eigenvalue weighted by Gasteiger charge is 2.23. The van der Waals surface area contributed by atoms with Gasteiger partial charge in [0.05, 0.1) is 0 Å². The van der Waals surface area contributed by atoms with E-state index in [0.29, 0.717) is 16.4 Å². The Kier molecular flexibility index (Phi) is 4.96. The number of aryl methyl sites for hydroxylation is 1. The lowest BCUT2D eigenvalue weighted by Crippen LogP contribution is -2.36. The monoisotopic (exact) mass is 394 g/mol. The summed E-state index contributed by atoms with van der Waals surface area (Å²) in [6.07, 6.45) is 2.66. The van der Waals surface area contributed by atoms with Crippen molar-refractivity contribution < 1.29 is 4.79 Å². The average Bonchev–Trinajstić information content (AvgIpc) is 3.05. The van der Waals surface area contributed by atoms with Crippen molar-refractivity contribution >= 4 is 34.1 Å². The molecular formula is C22H23ClN4O. The minimum Gasteiger partial charge on any atom is -0.384 e. The number of anilines is 1. The molecule has 0 bridgehead atoms. The number of carbonyl (C=O) groups excluding carboxylic acids is 1. The number of nitrogens with zero attached hydrogens (tertiary/aromatic N) is 2. The van der Waals surface area contributed by atoms with Crippen LogP contribution in [0.2, 0.25) is 5.02 Å². The van der Waals surface area contributed by atoms with Crippen LogP contribution in [-0.4, -0.2) is 42.0 Å². The molecule has 1 aromatic heterocycles. The molecule has 1 atom stereocenters. The SMILES string of the molecule is Cc1cccc(Cl)c1-c1cc(C(=O)N[C@H]2CCN(C)C2)c2cc(N)ncc2c1. The van der Waals surface area contributed by atoms with Gasteiger partial charge in [-0.15, -0.1) is 0 Å². The Balaban J connectivity index is 1.83. The Bertz CT molecular complexity index is 1050. The van der Waals surface area contributed by atoms with Crippen LogP contribution >= 0.6 is 11.6 Å². The number of hydrogen-bond donors (Lipinski definition) is 2. The van der Waals surface area contributed by atoms with Gasteiger partial charge in [-0.25, -0.2) is 4.98 Å². The van der Waals surface area contributed by atoms with Crippen LogP contribution < -0.4 is 11.1 Å². The molecule has 4 rings (SSSR count). The quantitative estimate of drug-likeness (QED) is 0.707. The molecule has 0 spiro atoms. The Morgan fingerprint density at radius 2 is 2.14 bits per heavy atom. The minimum atomic E-state index is -0.0949. The number of pyridine rings is 1. The molecule has 3 N–H and O–H groups in total. The number of aromatic nitrogens is 1. The number of halogens is 1. The summed E-state index contributed by atoms with van der Waals surface area (Å²) in [5.74, 6) is 0.297. The molecule has 0 aliphatic carbocycles. The van der Waals surface area contributed by atoms with E-state index in [-0.39, 0.29) is 11.9 Å². The predicted octanol–water partition coefficient (Wildman–Crippen LogP) is 3.88. The van der Waals surface area contributed by atoms with Crippen molar-refractivity contribution in [3.05, 3.63) is 58.7 Å². The molecule has 0 unspecified atom stereocenters. The van der Waals surface area contributed by atoms with E-state index in [9.17, 15) is 4.79 Å². The molecule has 2 aromatic carbocycles. The summed E-state index contributed by atoms with van der Waals surface area (Å²) < 4.78 is 0. The summed E-state index contributed by atoms with van der Waals surface area (Å²) in [5, 5.41) is 5.49. The molecule has 144 valence electrons. The first-order valence-corrected chi connectivity index (χ1v) is 9.74. The Morgan fingerprint density at radius 3 is 2.86 bits per heavy atom. The second kappa shape index (κ2) is 7.41. The van der Waals surface area contributed by atoms with Crippen molar-refractivity contribution in [1.82, 2.24) is 15.2 Å². The number of benzene rings is 2. The van der Waals surface area contributed by atoms with Gasteiger partial charge in [-0.1, -0.05) is 23.7 Å². The standard InChI is InChI=1S/C22H23ClN4O/c1-13-4-3-5-19(23)21(13)14-8-15-11-25-20(24)10-17(15)18(9-14)22(28)26-16-6-7-27(2)12-16/h3-5,8-11,16H,6-7,12H2,1-2H3,(H2,24,25)(H,26,28)/t16-/m0/s1. The maximum absolute atomic E-state index is 13.2. The van der Waals surface area contributed by atoms with Crippen LogP contribution in [0.1, 0.15) is 22.3 Å². The van der Waals surface area contributed by atoms with Crippen LogP contribution in [0.25, 0.3) is 21.9 Å². The number of carbonyl (C=O) groups is 1. The van der Waals surface area contributed by atoms with Gasteiger partial charge < -0.3 is 16.0 Å². The first-order valence-electron chi connectivity index (χ1n) is 9.36. The molecule has 5 nitrogen and oxygen atoms in total. The largest absolute Gasteiger partial charge is 0.384 e. The molecule has 2 heterocycles. The highest BCUT2D eigenvalue weighted by molar-refractivity contribution is 6.33. The minimum absolute atomic E-state index is 0.0949. The Hall–Kier alpha value is -2.63. The average molecular weight is 395 g/mol. The molecule has 1 amide bonds. The van der Waals surface area contributed by atoms with Gasteiger partial charge in [-0.2, -0.15) is 0 Å². The van der Waals surface area contributed by atoms with Crippen molar-refractivity contribution in [2.45, 2.75) is 19.4 Å². The van der Waals surface area contributed by atoms with Gasteiger partial charge >= 0.3 is 0 Å². The van der Waals surface area contributed by atoms with Crippen molar-refractivity contribution in [1.29, 1.82) is 0 Å². The number of hydrogen-bond acceptors (Lipinski definition) is 4. The van der Waals surface area contributed by atoms with Crippen LogP contribution in [0, 0.1) is 6.92 Å². The van der Waals surface area contributed by atoms with Gasteiger partial charge in [0.2, 0.25) is 0 Å². The number of rotatable bonds is 3. The number of likely N-dealkylation sites (tertiary alicyclic amines) is 1. The van der Waals surface area contributed by atoms with Crippen molar-refractivity contribution in [2.75, 3.05) is 25.9 Å². The molecule has 3 aromatic rings. The van der Waals surface area contributed by atoms with Crippen LogP contribution in [0.3, 0.4) is 0 Å². The van der Waals surface area contributed by atoms with E-state index in [1.54, 1.807) is 12.3 Å². The third kappa shape index (κ3) is 3.55. The summed E-state index contributed by atoms with van der Waals surface area (Å²) in [6.45, 7) is 3.86. The van der Waals surface area contributed by atoms with Gasteiger partial charge in [0.1, 0.15) is 5.82 Å². The summed E-state index contributed by atoms with van der Waals surface area (Å²) in [5.41, 5.74) is 9.38. The Morgan fingerprint density at radius 1 is 1.32 bits per heavy atom. The third-order valence-corrected chi connectivity index (χ3v) is 5.65. The zero-order chi connectivity index (χ0) is 19.8. The molecule has 0 radical (unpaired) electrons. The van der Waals surface area contributed by atoms with Crippen LogP contribution in [-0.2, 0) is 0 Å². The smallest absolute Gasteiger partial charge is 0.252 e. The number of nitrogen functional groups attached to an aromatic ring is 1. The molecule has 6 heteroatoms. The molecule has 28 heavy (non-hydrogen) atoms. The fourth-order valence-corrected chi connectivity index (χ4v) is 4.25. The van der Waals surface area contributed by atoms with Crippen LogP contribution in [0.15, 0.2) is 42.6 Å². The van der Waals surface area contributed by atoms with Crippen LogP contribution in [0.4, 0.5) is 5.82 Å². The third-order valence-electron chi connectivity index (χ3n) is 5.34. The van der Waals surface area contributed by atoms with E-state index in [4.69, 9.17) is 17.3 Å². The molecule has 1 aliphatic rings. The van der Waals surface area contributed by atoms with Gasteiger partial charge in [0.25, 0.3) is 5.91 Å². The topological polar surface area (TPSA) is 71.2 Å². The molecular weight excluding hydrogens is 372 g/mol. The van der Waals surface area contributed by atoms with E-state index in [2.05, 4.69) is 22.2 Å². The number of nitrogens with one attached hydrogen (secondary N) is 1. The van der Waals surface area contributed by atoms with Gasteiger partial charge in [0.15, 0.2) is 0 Å². The first-order chi connectivity index (χ1) is 13.4. The summed E-state index contributed by atoms with van der Waals surface area (Å²) in [6, 6.07) is 11.6. The maximum Gasteiger partial charge on any atom is 0.252 e. The zero-order valence-electron chi connectivity index (χ0n) is 16.0. The highest BCUT2D eigenvalue weighted by atomic mass is 35.5. The number of fused-ring (bicyclic) bond motifs is 1. The normalized spacial score (nSPS) is 17.2. The van der Waals surface area contributed by atoms with Crippen molar-refractivity contribution in [2.24, 2.45) is 0 Å². The summed E-state index contributed by atoms with van der Waals surface area (Å²) in [4.78, 5) is 19.6. The predicted molar refractivity (Wildman–Crippen MR) is 115 cm³/mol. The van der Waals surface area contributed by atoms with E-state index in [1.807, 2.05) is 37.3 Å². The summed E-state index contributed by atoms with van der Waals surface area (Å²) >= 11 is 6.48. The van der Waals surface area contributed by atoms with Gasteiger partial charge in [-0.05, 0) is 67.7 Å². The van der Waals surface area contributed by atoms with E-state index in [0.717, 1.165) is 47.0 Å². The van der Waals surface area contributed by atoms with Crippen molar-refractivity contribution in [3.8, 4) is 11.1 Å². The van der Waals surface area contributed by atoms with Gasteiger partial charge in [-0.3, -0.25) is 4.79 Å². The van der Waals surface area contributed by atoms with Gasteiger partial charge in [0, 0.05) is 40.3 Å². The molecule has 1 aliphatic heterocycles. The number of likely N-dealkylation sites (N-methyl/N-ethyl adjacent to an activating group) is 1. The summed E-state index contributed by atoms with van der Waals surface area (Å²) in [7, 11) is 2.06. The zero-order valence-corrected chi connectivity index (χ0v) is 16.8. The number of amides is 1. The number of nitrogens with two attached hydrogens (primary N) is 1. The van der Waals surface area contributed by atoms with Crippen molar-refractivity contribution in [3.63, 3.8) is 0 Å². The molecule has 1 fully saturated rings. The second-order valence-corrected chi connectivity index (χ2v) is 7.91. The lowest BCUT2D eigenvalue weighted by molar-refractivity contribution is 0.0940. The lowest BCUT2D eigenvalue weighted by Gasteiger charge is -2.16. The fourth-order valence-electron chi connectivity index (χ4n) is 3.92. The van der Waals surface area contributed by atoms with E-state index < -0.39 is 0 Å². The fraction of sp³-hybridized carbons (Fsp3) is 0.273. The van der Waals surface area contributed by atoms with E-state index in [1.165, 1.54) is 0 Å². The highest BCUT2D eigenvalue weighted by Crippen LogP contribution is 2.35. The second-order valence-electron chi connectivity index (χ2n) is 7.51. The lowest BCUT2D eigenvalue weighted by atomic mass is 9.94. The maximum atomic E-state index is 13.2. The molecule has 1 saturated heterocycles.